The summed E-state index contributed by atoms with van der Waals surface area (Å²) in [5.41, 5.74) is 0.208. The Kier molecular flexibility index (Phi) is 4.41. The van der Waals surface area contributed by atoms with Gasteiger partial charge in [0.05, 0.1) is 0 Å². The van der Waals surface area contributed by atoms with Crippen LogP contribution in [-0.2, 0) is 4.79 Å². The molecular weight excluding hydrogens is 286 g/mol. The predicted molar refractivity (Wildman–Crippen MR) is 82.9 cm³/mol. The molecule has 22 heavy (non-hydrogen) atoms. The van der Waals surface area contributed by atoms with E-state index in [-0.39, 0.29) is 23.2 Å². The van der Waals surface area contributed by atoms with Crippen molar-refractivity contribution in [3.63, 3.8) is 0 Å². The first kappa shape index (κ1) is 15.0. The summed E-state index contributed by atoms with van der Waals surface area (Å²) in [6, 6.07) is 2.41. The van der Waals surface area contributed by atoms with Gasteiger partial charge in [0.1, 0.15) is 5.69 Å². The number of allylic oxidation sites excluding steroid dienone is 2. The van der Waals surface area contributed by atoms with Crippen molar-refractivity contribution < 1.29 is 13.6 Å². The lowest BCUT2D eigenvalue weighted by Crippen LogP contribution is -2.21. The molecule has 0 saturated carbocycles. The molecule has 1 saturated heterocycles. The third kappa shape index (κ3) is 3.29. The van der Waals surface area contributed by atoms with Crippen molar-refractivity contribution in [3.05, 3.63) is 35.9 Å². The van der Waals surface area contributed by atoms with Gasteiger partial charge in [0.2, 0.25) is 5.91 Å². The lowest BCUT2D eigenvalue weighted by molar-refractivity contribution is -0.116. The molecule has 0 radical (unpaired) electrons. The number of rotatable bonds is 4. The molecule has 1 fully saturated rings. The number of nitrogens with one attached hydrogen (secondary N) is 1. The van der Waals surface area contributed by atoms with Crippen LogP contribution in [0, 0.1) is 17.6 Å². The zero-order valence-corrected chi connectivity index (χ0v) is 12.4. The Morgan fingerprint density at radius 3 is 2.50 bits per heavy atom. The molecule has 5 heteroatoms. The minimum atomic E-state index is -0.613. The Morgan fingerprint density at radius 2 is 1.91 bits per heavy atom. The van der Waals surface area contributed by atoms with Gasteiger partial charge in [-0.1, -0.05) is 12.2 Å². The van der Waals surface area contributed by atoms with Crippen LogP contribution in [0.2, 0.25) is 0 Å². The number of benzene rings is 1. The van der Waals surface area contributed by atoms with E-state index in [1.807, 2.05) is 6.08 Å². The molecule has 1 aromatic rings. The number of halogens is 2. The Morgan fingerprint density at radius 1 is 1.23 bits per heavy atom. The second-order valence-corrected chi connectivity index (χ2v) is 6.00. The molecule has 1 unspecified atom stereocenters. The maximum Gasteiger partial charge on any atom is 0.224 e. The first-order valence-electron chi connectivity index (χ1n) is 7.84. The molecule has 0 aromatic heterocycles. The zero-order valence-electron chi connectivity index (χ0n) is 12.4. The van der Waals surface area contributed by atoms with Crippen molar-refractivity contribution in [1.29, 1.82) is 0 Å². The van der Waals surface area contributed by atoms with Crippen molar-refractivity contribution >= 4 is 17.3 Å². The Bertz CT molecular complexity index is 571. The molecule has 1 atom stereocenters. The summed E-state index contributed by atoms with van der Waals surface area (Å²) in [7, 11) is 0. The van der Waals surface area contributed by atoms with Gasteiger partial charge in [-0.15, -0.1) is 0 Å². The van der Waals surface area contributed by atoms with Gasteiger partial charge in [0.25, 0.3) is 0 Å². The van der Waals surface area contributed by atoms with Crippen molar-refractivity contribution in [2.24, 2.45) is 5.92 Å². The van der Waals surface area contributed by atoms with Gasteiger partial charge >= 0.3 is 0 Å². The first-order valence-corrected chi connectivity index (χ1v) is 7.84. The normalized spacial score (nSPS) is 20.6. The second kappa shape index (κ2) is 6.46. The average Bonchev–Trinajstić information content (AvgIpc) is 3.11. The quantitative estimate of drug-likeness (QED) is 0.857. The summed E-state index contributed by atoms with van der Waals surface area (Å²) in [6.07, 6.45) is 8.29. The molecule has 0 bridgehead atoms. The highest BCUT2D eigenvalue weighted by Crippen LogP contribution is 2.30. The lowest BCUT2D eigenvalue weighted by atomic mass is 10.1. The molecule has 2 aliphatic rings. The molecule has 118 valence electrons. The topological polar surface area (TPSA) is 32.3 Å². The molecule has 1 heterocycles. The first-order chi connectivity index (χ1) is 10.6. The van der Waals surface area contributed by atoms with E-state index < -0.39 is 11.6 Å². The molecule has 3 nitrogen and oxygen atoms in total. The Hall–Kier alpha value is -1.91. The van der Waals surface area contributed by atoms with Gasteiger partial charge in [-0.05, 0) is 43.7 Å². The smallest absolute Gasteiger partial charge is 0.224 e. The Balaban J connectivity index is 1.69. The number of hydrogen-bond acceptors (Lipinski definition) is 2. The molecular formula is C17H20F2N2O. The van der Waals surface area contributed by atoms with Crippen LogP contribution in [0.15, 0.2) is 24.3 Å². The predicted octanol–water partition coefficient (Wildman–Crippen LogP) is 3.86. The van der Waals surface area contributed by atoms with Crippen LogP contribution in [0.4, 0.5) is 20.2 Å². The maximum absolute atomic E-state index is 14.2. The van der Waals surface area contributed by atoms with Crippen molar-refractivity contribution in [2.75, 3.05) is 23.3 Å². The fourth-order valence-corrected chi connectivity index (χ4v) is 3.20. The molecule has 1 aliphatic heterocycles. The molecule has 1 aliphatic carbocycles. The third-order valence-electron chi connectivity index (χ3n) is 4.28. The van der Waals surface area contributed by atoms with E-state index in [2.05, 4.69) is 11.4 Å². The molecule has 1 amide bonds. The second-order valence-electron chi connectivity index (χ2n) is 6.00. The number of hydrogen-bond donors (Lipinski definition) is 1. The monoisotopic (exact) mass is 306 g/mol. The highest BCUT2D eigenvalue weighted by Gasteiger charge is 2.22. The van der Waals surface area contributed by atoms with E-state index in [4.69, 9.17) is 0 Å². The number of nitrogens with zero attached hydrogens (tertiary/aromatic N) is 1. The summed E-state index contributed by atoms with van der Waals surface area (Å²) in [5, 5.41) is 2.60. The summed E-state index contributed by atoms with van der Waals surface area (Å²) in [5.74, 6) is -1.20. The van der Waals surface area contributed by atoms with Crippen LogP contribution in [0.5, 0.6) is 0 Å². The lowest BCUT2D eigenvalue weighted by Gasteiger charge is -2.20. The van der Waals surface area contributed by atoms with Crippen molar-refractivity contribution in [1.82, 2.24) is 0 Å². The number of amides is 1. The molecule has 1 aromatic carbocycles. The van der Waals surface area contributed by atoms with Crippen LogP contribution in [-0.4, -0.2) is 19.0 Å². The van der Waals surface area contributed by atoms with E-state index >= 15 is 0 Å². The maximum atomic E-state index is 14.2. The summed E-state index contributed by atoms with van der Waals surface area (Å²) in [4.78, 5) is 13.7. The van der Waals surface area contributed by atoms with Crippen LogP contribution < -0.4 is 10.2 Å². The van der Waals surface area contributed by atoms with Gasteiger partial charge in [0, 0.05) is 25.2 Å². The van der Waals surface area contributed by atoms with Crippen molar-refractivity contribution in [3.8, 4) is 0 Å². The van der Waals surface area contributed by atoms with Crippen LogP contribution in [0.3, 0.4) is 0 Å². The number of carbonyl (C=O) groups excluding carboxylic acids is 1. The average molecular weight is 306 g/mol. The summed E-state index contributed by atoms with van der Waals surface area (Å²) >= 11 is 0. The van der Waals surface area contributed by atoms with Crippen molar-refractivity contribution in [2.45, 2.75) is 32.1 Å². The van der Waals surface area contributed by atoms with E-state index in [0.29, 0.717) is 19.5 Å². The standard InChI is InChI=1S/C17H20F2N2O/c18-14-10-13(20-16(22)9-12-5-1-2-6-12)11-15(19)17(14)21-7-3-4-8-21/h1,5,10-12H,2-4,6-9H2,(H,20,22). The molecule has 1 N–H and O–H groups in total. The van der Waals surface area contributed by atoms with E-state index in [1.54, 1.807) is 4.90 Å². The minimum absolute atomic E-state index is 0.0224. The summed E-state index contributed by atoms with van der Waals surface area (Å²) in [6.45, 7) is 1.35. The van der Waals surface area contributed by atoms with E-state index in [9.17, 15) is 13.6 Å². The van der Waals surface area contributed by atoms with Gasteiger partial charge < -0.3 is 10.2 Å². The number of carbonyl (C=O) groups is 1. The van der Waals surface area contributed by atoms with Crippen LogP contribution >= 0.6 is 0 Å². The van der Waals surface area contributed by atoms with Crippen LogP contribution in [0.25, 0.3) is 0 Å². The van der Waals surface area contributed by atoms with Gasteiger partial charge in [-0.2, -0.15) is 0 Å². The zero-order chi connectivity index (χ0) is 15.5. The highest BCUT2D eigenvalue weighted by molar-refractivity contribution is 5.91. The third-order valence-corrected chi connectivity index (χ3v) is 4.28. The van der Waals surface area contributed by atoms with Crippen LogP contribution in [0.1, 0.15) is 32.1 Å². The van der Waals surface area contributed by atoms with E-state index in [1.165, 1.54) is 12.1 Å². The fourth-order valence-electron chi connectivity index (χ4n) is 3.20. The Labute approximate surface area is 129 Å². The number of anilines is 2. The SMILES string of the molecule is O=C(CC1C=CCC1)Nc1cc(F)c(N2CCCC2)c(F)c1. The fraction of sp³-hybridized carbons (Fsp3) is 0.471. The minimum Gasteiger partial charge on any atom is -0.367 e. The van der Waals surface area contributed by atoms with Gasteiger partial charge in [-0.3, -0.25) is 4.79 Å². The molecule has 0 spiro atoms. The molecule has 3 rings (SSSR count). The van der Waals surface area contributed by atoms with Gasteiger partial charge in [0.15, 0.2) is 11.6 Å². The van der Waals surface area contributed by atoms with E-state index in [0.717, 1.165) is 25.7 Å². The largest absolute Gasteiger partial charge is 0.367 e. The highest BCUT2D eigenvalue weighted by atomic mass is 19.1. The summed E-state index contributed by atoms with van der Waals surface area (Å²) < 4.78 is 28.3. The van der Waals surface area contributed by atoms with Gasteiger partial charge in [-0.25, -0.2) is 8.78 Å².